The van der Waals surface area contributed by atoms with Crippen LogP contribution in [0.15, 0.2) is 36.4 Å². The van der Waals surface area contributed by atoms with Gasteiger partial charge < -0.3 is 15.2 Å². The molecule has 0 saturated heterocycles. The Labute approximate surface area is 204 Å². The number of rotatable bonds is 4. The first-order valence-electron chi connectivity index (χ1n) is 10.8. The fourth-order valence-corrected chi connectivity index (χ4v) is 4.27. The standard InChI is InChI=1S/C22H22N4OS.C2HF3O2/c1-14(2)27-20-18(13-23)4-3-5-19(20)22-26-25-21(28-22)17-7-6-15-8-10-24-11-9-16(15)12-17;3-2(4,5)1(6)7/h3-7,12,14,24H,8-11H2,1-2H3;(H,6,7). The van der Waals surface area contributed by atoms with Gasteiger partial charge in [0.2, 0.25) is 0 Å². The first-order valence-corrected chi connectivity index (χ1v) is 11.6. The molecule has 1 aromatic heterocycles. The van der Waals surface area contributed by atoms with E-state index in [4.69, 9.17) is 14.6 Å². The van der Waals surface area contributed by atoms with E-state index in [1.807, 2.05) is 26.0 Å². The van der Waals surface area contributed by atoms with E-state index in [2.05, 4.69) is 39.8 Å². The number of halogens is 3. The second-order valence-corrected chi connectivity index (χ2v) is 8.89. The molecule has 0 spiro atoms. The molecule has 0 radical (unpaired) electrons. The highest BCUT2D eigenvalue weighted by Crippen LogP contribution is 2.38. The van der Waals surface area contributed by atoms with Crippen LogP contribution in [0.2, 0.25) is 0 Å². The van der Waals surface area contributed by atoms with E-state index in [-0.39, 0.29) is 6.10 Å². The van der Waals surface area contributed by atoms with Crippen molar-refractivity contribution in [3.05, 3.63) is 53.1 Å². The third kappa shape index (κ3) is 6.77. The molecule has 11 heteroatoms. The van der Waals surface area contributed by atoms with E-state index in [9.17, 15) is 18.4 Å². The summed E-state index contributed by atoms with van der Waals surface area (Å²) in [6, 6.07) is 14.4. The normalized spacial score (nSPS) is 13.2. The number of nitrogens with one attached hydrogen (secondary N) is 1. The van der Waals surface area contributed by atoms with Crippen molar-refractivity contribution in [2.45, 2.75) is 39.0 Å². The highest BCUT2D eigenvalue weighted by Gasteiger charge is 2.38. The molecule has 0 saturated carbocycles. The van der Waals surface area contributed by atoms with E-state index in [1.54, 1.807) is 6.07 Å². The highest BCUT2D eigenvalue weighted by atomic mass is 32.1. The molecular formula is C24H23F3N4O3S. The van der Waals surface area contributed by atoms with Crippen LogP contribution in [-0.2, 0) is 17.6 Å². The number of para-hydroxylation sites is 1. The zero-order chi connectivity index (χ0) is 25.6. The van der Waals surface area contributed by atoms with Gasteiger partial charge in [-0.25, -0.2) is 4.79 Å². The maximum absolute atomic E-state index is 10.6. The van der Waals surface area contributed by atoms with Crippen molar-refractivity contribution >= 4 is 17.3 Å². The number of hydrogen-bond acceptors (Lipinski definition) is 7. The number of carboxylic acid groups (broad SMARTS) is 1. The minimum Gasteiger partial charge on any atom is -0.489 e. The van der Waals surface area contributed by atoms with Crippen molar-refractivity contribution in [2.24, 2.45) is 0 Å². The molecule has 2 heterocycles. The average molecular weight is 505 g/mol. The molecule has 2 N–H and O–H groups in total. The second-order valence-electron chi connectivity index (χ2n) is 7.91. The van der Waals surface area contributed by atoms with E-state index in [0.717, 1.165) is 47.1 Å². The molecule has 0 unspecified atom stereocenters. The summed E-state index contributed by atoms with van der Waals surface area (Å²) < 4.78 is 37.7. The Balaban J connectivity index is 0.000000429. The lowest BCUT2D eigenvalue weighted by molar-refractivity contribution is -0.192. The van der Waals surface area contributed by atoms with Crippen LogP contribution in [0, 0.1) is 11.3 Å². The SMILES string of the molecule is CC(C)Oc1c(C#N)cccc1-c1nnc(-c2ccc3c(c2)CCNCC3)s1.O=C(O)C(F)(F)F. The van der Waals surface area contributed by atoms with Crippen molar-refractivity contribution in [1.82, 2.24) is 15.5 Å². The Morgan fingerprint density at radius 3 is 2.43 bits per heavy atom. The number of aromatic nitrogens is 2. The molecule has 4 rings (SSSR count). The van der Waals surface area contributed by atoms with Crippen molar-refractivity contribution in [1.29, 1.82) is 5.26 Å². The molecule has 1 aliphatic heterocycles. The molecule has 1 aliphatic rings. The maximum Gasteiger partial charge on any atom is 0.490 e. The minimum atomic E-state index is -5.08. The summed E-state index contributed by atoms with van der Waals surface area (Å²) in [6.07, 6.45) is -3.02. The number of carbonyl (C=O) groups is 1. The van der Waals surface area contributed by atoms with Gasteiger partial charge in [-0.3, -0.25) is 0 Å². The molecule has 0 fully saturated rings. The quantitative estimate of drug-likeness (QED) is 0.523. The van der Waals surface area contributed by atoms with E-state index < -0.39 is 12.1 Å². The number of fused-ring (bicyclic) bond motifs is 1. The van der Waals surface area contributed by atoms with Crippen molar-refractivity contribution in [2.75, 3.05) is 13.1 Å². The lowest BCUT2D eigenvalue weighted by Crippen LogP contribution is -2.21. The lowest BCUT2D eigenvalue weighted by Gasteiger charge is -2.14. The van der Waals surface area contributed by atoms with Crippen molar-refractivity contribution in [3.8, 4) is 33.0 Å². The Kier molecular flexibility index (Phi) is 8.43. The van der Waals surface area contributed by atoms with Crippen molar-refractivity contribution in [3.63, 3.8) is 0 Å². The third-order valence-corrected chi connectivity index (χ3v) is 5.99. The average Bonchev–Trinajstić information content (AvgIpc) is 3.17. The highest BCUT2D eigenvalue weighted by molar-refractivity contribution is 7.18. The van der Waals surface area contributed by atoms with Gasteiger partial charge in [-0.05, 0) is 69.1 Å². The van der Waals surface area contributed by atoms with E-state index in [1.165, 1.54) is 22.5 Å². The van der Waals surface area contributed by atoms with Gasteiger partial charge in [-0.15, -0.1) is 10.2 Å². The Morgan fingerprint density at radius 1 is 1.14 bits per heavy atom. The largest absolute Gasteiger partial charge is 0.490 e. The summed E-state index contributed by atoms with van der Waals surface area (Å²) in [7, 11) is 0. The third-order valence-electron chi connectivity index (χ3n) is 4.98. The number of nitrogens with zero attached hydrogens (tertiary/aromatic N) is 3. The monoisotopic (exact) mass is 504 g/mol. The van der Waals surface area contributed by atoms with Gasteiger partial charge in [0.25, 0.3) is 0 Å². The van der Waals surface area contributed by atoms with Gasteiger partial charge in [0.1, 0.15) is 16.8 Å². The Bertz CT molecular complexity index is 1240. The fraction of sp³-hybridized carbons (Fsp3) is 0.333. The van der Waals surface area contributed by atoms with Crippen LogP contribution in [0.25, 0.3) is 21.1 Å². The molecule has 3 aromatic rings. The topological polar surface area (TPSA) is 108 Å². The fourth-order valence-electron chi connectivity index (χ4n) is 3.41. The van der Waals surface area contributed by atoms with Gasteiger partial charge in [-0.1, -0.05) is 29.5 Å². The molecule has 7 nitrogen and oxygen atoms in total. The van der Waals surface area contributed by atoms with E-state index in [0.29, 0.717) is 11.3 Å². The second kappa shape index (κ2) is 11.3. The summed E-state index contributed by atoms with van der Waals surface area (Å²) in [4.78, 5) is 8.90. The van der Waals surface area contributed by atoms with Gasteiger partial charge in [-0.2, -0.15) is 18.4 Å². The summed E-state index contributed by atoms with van der Waals surface area (Å²) in [6.45, 7) is 5.94. The zero-order valence-electron chi connectivity index (χ0n) is 19.0. The summed E-state index contributed by atoms with van der Waals surface area (Å²) in [5.41, 5.74) is 5.21. The smallest absolute Gasteiger partial charge is 0.489 e. The van der Waals surface area contributed by atoms with Crippen LogP contribution in [0.4, 0.5) is 13.2 Å². The number of alkyl halides is 3. The van der Waals surface area contributed by atoms with Gasteiger partial charge >= 0.3 is 12.1 Å². The van der Waals surface area contributed by atoms with Crippen LogP contribution in [-0.4, -0.2) is 46.6 Å². The van der Waals surface area contributed by atoms with Crippen LogP contribution in [0.3, 0.4) is 0 Å². The predicted molar refractivity (Wildman–Crippen MR) is 125 cm³/mol. The zero-order valence-corrected chi connectivity index (χ0v) is 19.8. The van der Waals surface area contributed by atoms with Crippen LogP contribution in [0.5, 0.6) is 5.75 Å². The minimum absolute atomic E-state index is 0.0289. The van der Waals surface area contributed by atoms with E-state index >= 15 is 0 Å². The van der Waals surface area contributed by atoms with Crippen molar-refractivity contribution < 1.29 is 27.8 Å². The number of ether oxygens (including phenoxy) is 1. The Hall–Kier alpha value is -3.49. The number of carboxylic acids is 1. The van der Waals surface area contributed by atoms with Crippen LogP contribution >= 0.6 is 11.3 Å². The summed E-state index contributed by atoms with van der Waals surface area (Å²) in [5, 5.41) is 30.5. The molecule has 0 bridgehead atoms. The predicted octanol–water partition coefficient (Wildman–Crippen LogP) is 4.85. The number of hydrogen-bond donors (Lipinski definition) is 2. The molecule has 0 atom stereocenters. The van der Waals surface area contributed by atoms with Crippen LogP contribution in [0.1, 0.15) is 30.5 Å². The molecule has 184 valence electrons. The summed E-state index contributed by atoms with van der Waals surface area (Å²) in [5.74, 6) is -2.18. The summed E-state index contributed by atoms with van der Waals surface area (Å²) >= 11 is 1.53. The number of benzene rings is 2. The van der Waals surface area contributed by atoms with Gasteiger partial charge in [0.05, 0.1) is 17.2 Å². The van der Waals surface area contributed by atoms with Gasteiger partial charge in [0, 0.05) is 5.56 Å². The Morgan fingerprint density at radius 2 is 1.80 bits per heavy atom. The number of aliphatic carboxylic acids is 1. The number of nitriles is 1. The molecule has 35 heavy (non-hydrogen) atoms. The van der Waals surface area contributed by atoms with Crippen LogP contribution < -0.4 is 10.1 Å². The first kappa shape index (κ1) is 26.1. The molecular weight excluding hydrogens is 481 g/mol. The molecule has 0 amide bonds. The van der Waals surface area contributed by atoms with Gasteiger partial charge in [0.15, 0.2) is 5.01 Å². The molecule has 2 aromatic carbocycles. The first-order chi connectivity index (χ1) is 16.6. The lowest BCUT2D eigenvalue weighted by atomic mass is 10.0. The maximum atomic E-state index is 10.6. The molecule has 0 aliphatic carbocycles.